The number of carbonyl (C=O) groups is 2. The molecule has 0 bridgehead atoms. The molecule has 0 unspecified atom stereocenters. The van der Waals surface area contributed by atoms with Gasteiger partial charge in [0.25, 0.3) is 0 Å². The van der Waals surface area contributed by atoms with Crippen LogP contribution in [0.25, 0.3) is 0 Å². The van der Waals surface area contributed by atoms with Crippen LogP contribution >= 0.6 is 0 Å². The Morgan fingerprint density at radius 2 is 0.839 bits per heavy atom. The summed E-state index contributed by atoms with van der Waals surface area (Å²) >= 11 is 0. The Labute approximate surface area is 353 Å². The van der Waals surface area contributed by atoms with Crippen molar-refractivity contribution in [3.05, 3.63) is 0 Å². The van der Waals surface area contributed by atoms with Crippen molar-refractivity contribution in [3.8, 4) is 11.5 Å². The van der Waals surface area contributed by atoms with E-state index >= 15 is 0 Å². The molecule has 5 nitrogen and oxygen atoms in total. The Bertz CT molecular complexity index is 1030. The van der Waals surface area contributed by atoms with Gasteiger partial charge in [-0.05, 0) is 27.7 Å². The fourth-order valence-corrected chi connectivity index (χ4v) is 103. The first-order valence-electron chi connectivity index (χ1n) is 24.0. The highest BCUT2D eigenvalue weighted by Gasteiger charge is 2.65. The van der Waals surface area contributed by atoms with Crippen molar-refractivity contribution in [1.29, 1.82) is 0 Å². The maximum absolute atomic E-state index is 13.5. The summed E-state index contributed by atoms with van der Waals surface area (Å²) in [5.74, 6) is 2.70. The number of rotatable bonds is 33. The van der Waals surface area contributed by atoms with Crippen LogP contribution in [0.4, 0.5) is 4.79 Å². The number of amides is 1. The van der Waals surface area contributed by atoms with E-state index in [9.17, 15) is 14.7 Å². The summed E-state index contributed by atoms with van der Waals surface area (Å²) in [5, 5.41) is 10.1. The van der Waals surface area contributed by atoms with Crippen molar-refractivity contribution in [2.75, 3.05) is 6.54 Å². The molecule has 0 saturated heterocycles. The Morgan fingerprint density at radius 1 is 0.554 bits per heavy atom. The lowest BCUT2D eigenvalue weighted by Gasteiger charge is -2.57. The van der Waals surface area contributed by atoms with E-state index in [0.717, 1.165) is 0 Å². The normalized spacial score (nSPS) is 13.3. The number of hydrogen-bond donors (Lipinski definition) is 1. The van der Waals surface area contributed by atoms with Crippen molar-refractivity contribution in [2.24, 2.45) is 0 Å². The molecule has 0 aliphatic rings. The molecule has 1 amide bonds. The van der Waals surface area contributed by atoms with Gasteiger partial charge < -0.3 is 9.84 Å². The third-order valence-electron chi connectivity index (χ3n) is 13.0. The number of carboxylic acids is 1. The van der Waals surface area contributed by atoms with Crippen LogP contribution in [0.15, 0.2) is 0 Å². The number of carboxylic acid groups (broad SMARTS) is 1. The van der Waals surface area contributed by atoms with E-state index in [0.29, 0.717) is 0 Å². The van der Waals surface area contributed by atoms with Crippen LogP contribution in [0.2, 0.25) is 57.4 Å². The highest BCUT2D eigenvalue weighted by molar-refractivity contribution is 7.92. The van der Waals surface area contributed by atoms with Crippen LogP contribution in [0.5, 0.6) is 0 Å². The van der Waals surface area contributed by atoms with Crippen molar-refractivity contribution >= 4 is 41.5 Å². The maximum atomic E-state index is 13.5. The summed E-state index contributed by atoms with van der Waals surface area (Å²) < 4.78 is 5.77. The number of nitrogens with zero attached hydrogens (tertiary/aromatic N) is 1. The second-order valence-corrected chi connectivity index (χ2v) is 58.5. The summed E-state index contributed by atoms with van der Waals surface area (Å²) in [6.07, 6.45) is 31.8. The van der Waals surface area contributed by atoms with Gasteiger partial charge >= 0.3 is 12.1 Å². The third-order valence-corrected chi connectivity index (χ3v) is 82.6. The van der Waals surface area contributed by atoms with Gasteiger partial charge in [0.2, 0.25) is 0 Å². The molecular formula is C47H97NO4Si4. The molecule has 0 aromatic heterocycles. The van der Waals surface area contributed by atoms with Gasteiger partial charge in [0.15, 0.2) is 0 Å². The molecule has 0 aromatic rings. The second kappa shape index (κ2) is 29.4. The quantitative estimate of drug-likeness (QED) is 0.0406. The Kier molecular flexibility index (Phi) is 29.0. The maximum Gasteiger partial charge on any atom is 0.411 e. The molecule has 0 spiro atoms. The fourth-order valence-electron chi connectivity index (χ4n) is 9.99. The van der Waals surface area contributed by atoms with Gasteiger partial charge in [0.1, 0.15) is 18.3 Å². The van der Waals surface area contributed by atoms with Gasteiger partial charge in [-0.3, -0.25) is 4.90 Å². The molecule has 0 aromatic carbocycles. The third kappa shape index (κ3) is 20.9. The number of hydrogen-bond acceptors (Lipinski definition) is 3. The lowest BCUT2D eigenvalue weighted by Crippen LogP contribution is -2.84. The molecule has 0 fully saturated rings. The molecule has 330 valence electrons. The minimum Gasteiger partial charge on any atom is -0.480 e. The molecule has 56 heavy (non-hydrogen) atoms. The molecule has 0 aliphatic carbocycles. The van der Waals surface area contributed by atoms with E-state index in [1.807, 2.05) is 20.8 Å². The minimum atomic E-state index is -2.22. The largest absolute Gasteiger partial charge is 0.480 e. The molecular weight excluding hydrogens is 755 g/mol. The van der Waals surface area contributed by atoms with Crippen LogP contribution in [0.1, 0.15) is 203 Å². The second-order valence-electron chi connectivity index (χ2n) is 20.5. The van der Waals surface area contributed by atoms with Crippen LogP contribution in [-0.4, -0.2) is 69.7 Å². The average molecular weight is 853 g/mol. The van der Waals surface area contributed by atoms with Crippen LogP contribution in [0.3, 0.4) is 0 Å². The van der Waals surface area contributed by atoms with Crippen LogP contribution in [0, 0.1) is 11.5 Å². The van der Waals surface area contributed by atoms with Crippen LogP contribution in [-0.2, 0) is 9.53 Å². The van der Waals surface area contributed by atoms with E-state index in [4.69, 9.17) is 4.74 Å². The predicted molar refractivity (Wildman–Crippen MR) is 258 cm³/mol. The van der Waals surface area contributed by atoms with E-state index in [2.05, 4.69) is 71.5 Å². The zero-order valence-electron chi connectivity index (χ0n) is 40.0. The van der Waals surface area contributed by atoms with E-state index in [1.165, 1.54) is 177 Å². The first-order valence-corrected chi connectivity index (χ1v) is 38.6. The van der Waals surface area contributed by atoms with Gasteiger partial charge in [-0.15, -0.1) is 5.54 Å². The molecule has 1 N–H and O–H groups in total. The monoisotopic (exact) mass is 852 g/mol. The topological polar surface area (TPSA) is 66.8 Å². The zero-order chi connectivity index (χ0) is 42.7. The Balaban J connectivity index is 6.93. The zero-order valence-corrected chi connectivity index (χ0v) is 44.0. The van der Waals surface area contributed by atoms with Crippen molar-refractivity contribution in [1.82, 2.24) is 4.90 Å². The predicted octanol–water partition coefficient (Wildman–Crippen LogP) is 15.5. The Hall–Kier alpha value is -0.832. The van der Waals surface area contributed by atoms with Crippen molar-refractivity contribution in [2.45, 2.75) is 272 Å². The minimum absolute atomic E-state index is 0.129. The number of unbranched alkanes of at least 4 members (excludes halogenated alkanes) is 21. The van der Waals surface area contributed by atoms with Gasteiger partial charge in [-0.2, -0.15) is 0 Å². The van der Waals surface area contributed by atoms with Gasteiger partial charge in [0.05, 0.1) is 29.3 Å². The van der Waals surface area contributed by atoms with Crippen molar-refractivity contribution < 1.29 is 19.4 Å². The SMILES string of the molecule is CCCCCCCCCC[Si](C)(C)[Si](C#CCN(C(=O)OC(C)(C)C)[C@@H](C)C(=O)O)([Si](C)(C)CCCCCCCCCC)[Si](C)(C)CCCCCCCCCC. The summed E-state index contributed by atoms with van der Waals surface area (Å²) in [6.45, 7) is 28.5. The van der Waals surface area contributed by atoms with Gasteiger partial charge in [-0.25, -0.2) is 9.59 Å². The standard InChI is InChI=1S/C47H97NO4Si4/c1-14-17-20-23-26-29-32-35-40-53(8,9)56(54(10,11)41-36-33-30-27-24-21-18-15-2,55(12,13)42-37-34-31-28-25-22-19-16-3)43-38-39-48(44(4)45(49)50)46(51)52-47(5,6)7/h44H,14-37,39-42H2,1-13H3,(H,49,50)/t44-/m0/s1. The molecule has 0 aliphatic heterocycles. The molecule has 0 heterocycles. The summed E-state index contributed by atoms with van der Waals surface area (Å²) in [6, 6.07) is 3.10. The molecule has 9 heteroatoms. The average Bonchev–Trinajstić information content (AvgIpc) is 3.10. The smallest absolute Gasteiger partial charge is 0.411 e. The molecule has 1 atom stereocenters. The number of aliphatic carboxylic acids is 1. The fraction of sp³-hybridized carbons (Fsp3) is 0.915. The van der Waals surface area contributed by atoms with E-state index in [1.54, 1.807) is 6.92 Å². The van der Waals surface area contributed by atoms with Gasteiger partial charge in [0, 0.05) is 0 Å². The van der Waals surface area contributed by atoms with E-state index in [-0.39, 0.29) is 6.54 Å². The van der Waals surface area contributed by atoms with Gasteiger partial charge in [-0.1, -0.05) is 238 Å². The van der Waals surface area contributed by atoms with E-state index < -0.39 is 53.1 Å². The molecule has 0 rings (SSSR count). The molecule has 0 radical (unpaired) electrons. The number of carbonyl (C=O) groups excluding carboxylic acids is 1. The summed E-state index contributed by atoms with van der Waals surface area (Å²) in [7, 11) is -5.59. The highest BCUT2D eigenvalue weighted by Crippen LogP contribution is 2.44. The first kappa shape index (κ1) is 55.2. The summed E-state index contributed by atoms with van der Waals surface area (Å²) in [5.41, 5.74) is 3.65. The first-order chi connectivity index (χ1) is 26.3. The Morgan fingerprint density at radius 3 is 1.11 bits per heavy atom. The van der Waals surface area contributed by atoms with Crippen LogP contribution < -0.4 is 0 Å². The lowest BCUT2D eigenvalue weighted by atomic mass is 10.1. The highest BCUT2D eigenvalue weighted by atomic mass is 29.9. The summed E-state index contributed by atoms with van der Waals surface area (Å²) in [4.78, 5) is 27.2. The number of ether oxygens (including phenoxy) is 1. The molecule has 0 saturated carbocycles. The van der Waals surface area contributed by atoms with Crippen molar-refractivity contribution in [3.63, 3.8) is 0 Å². The lowest BCUT2D eigenvalue weighted by molar-refractivity contribution is -0.142.